The number of rotatable bonds is 5. The van der Waals surface area contributed by atoms with Crippen LogP contribution >= 0.6 is 0 Å². The maximum atomic E-state index is 12.4. The number of nitrogens with one attached hydrogen (secondary N) is 1. The van der Waals surface area contributed by atoms with Gasteiger partial charge in [0.1, 0.15) is 11.5 Å². The Hall–Kier alpha value is -2.50. The van der Waals surface area contributed by atoms with E-state index in [2.05, 4.69) is 27.2 Å². The van der Waals surface area contributed by atoms with E-state index >= 15 is 0 Å². The van der Waals surface area contributed by atoms with Crippen molar-refractivity contribution in [3.63, 3.8) is 0 Å². The molecule has 0 aliphatic carbocycles. The third kappa shape index (κ3) is 3.64. The van der Waals surface area contributed by atoms with Crippen molar-refractivity contribution < 1.29 is 4.79 Å². The molecular weight excluding hydrogens is 290 g/mol. The standard InChI is InChI=1S/C17H21N5O/c1-2-14(13-5-7-18-8-6-13)20-16-12-19-11-15(21-16)17(23)22-9-3-4-10-22/h5-8,11-12,14H,2-4,9-10H2,1H3,(H,20,21). The average Bonchev–Trinajstić information content (AvgIpc) is 3.14. The van der Waals surface area contributed by atoms with Crippen LogP contribution in [0.4, 0.5) is 5.82 Å². The van der Waals surface area contributed by atoms with E-state index in [-0.39, 0.29) is 11.9 Å². The minimum absolute atomic E-state index is 0.0318. The van der Waals surface area contributed by atoms with Crippen LogP contribution in [0.3, 0.4) is 0 Å². The van der Waals surface area contributed by atoms with E-state index < -0.39 is 0 Å². The smallest absolute Gasteiger partial charge is 0.274 e. The van der Waals surface area contributed by atoms with Crippen LogP contribution < -0.4 is 5.32 Å². The normalized spacial score (nSPS) is 15.4. The van der Waals surface area contributed by atoms with Crippen molar-refractivity contribution in [1.82, 2.24) is 19.9 Å². The molecule has 1 N–H and O–H groups in total. The number of carbonyl (C=O) groups excluding carboxylic acids is 1. The van der Waals surface area contributed by atoms with E-state index in [9.17, 15) is 4.79 Å². The number of nitrogens with zero attached hydrogens (tertiary/aromatic N) is 4. The molecule has 1 atom stereocenters. The topological polar surface area (TPSA) is 71.0 Å². The molecule has 0 aromatic carbocycles. The fourth-order valence-electron chi connectivity index (χ4n) is 2.82. The van der Waals surface area contributed by atoms with Crippen LogP contribution in [-0.2, 0) is 0 Å². The number of anilines is 1. The zero-order chi connectivity index (χ0) is 16.1. The largest absolute Gasteiger partial charge is 0.362 e. The van der Waals surface area contributed by atoms with Crippen LogP contribution in [0.1, 0.15) is 48.3 Å². The van der Waals surface area contributed by atoms with Crippen molar-refractivity contribution in [3.05, 3.63) is 48.2 Å². The fraction of sp³-hybridized carbons (Fsp3) is 0.412. The highest BCUT2D eigenvalue weighted by molar-refractivity contribution is 5.92. The molecule has 6 heteroatoms. The van der Waals surface area contributed by atoms with Gasteiger partial charge in [-0.25, -0.2) is 4.98 Å². The van der Waals surface area contributed by atoms with Crippen LogP contribution in [0.15, 0.2) is 36.9 Å². The summed E-state index contributed by atoms with van der Waals surface area (Å²) in [5, 5.41) is 3.36. The van der Waals surface area contributed by atoms with E-state index in [1.54, 1.807) is 24.8 Å². The molecule has 120 valence electrons. The zero-order valence-corrected chi connectivity index (χ0v) is 13.3. The second kappa shape index (κ2) is 7.17. The van der Waals surface area contributed by atoms with Crippen molar-refractivity contribution in [3.8, 4) is 0 Å². The van der Waals surface area contributed by atoms with Crippen molar-refractivity contribution >= 4 is 11.7 Å². The summed E-state index contributed by atoms with van der Waals surface area (Å²) < 4.78 is 0. The molecule has 23 heavy (non-hydrogen) atoms. The van der Waals surface area contributed by atoms with Gasteiger partial charge in [0.15, 0.2) is 0 Å². The van der Waals surface area contributed by atoms with Crippen LogP contribution in [0.5, 0.6) is 0 Å². The molecule has 3 heterocycles. The van der Waals surface area contributed by atoms with Crippen molar-refractivity contribution in [1.29, 1.82) is 0 Å². The molecule has 0 radical (unpaired) electrons. The quantitative estimate of drug-likeness (QED) is 0.919. The maximum absolute atomic E-state index is 12.4. The third-order valence-electron chi connectivity index (χ3n) is 4.09. The third-order valence-corrected chi connectivity index (χ3v) is 4.09. The van der Waals surface area contributed by atoms with Gasteiger partial charge < -0.3 is 10.2 Å². The molecule has 1 aliphatic rings. The number of aromatic nitrogens is 3. The Bertz CT molecular complexity index is 655. The maximum Gasteiger partial charge on any atom is 0.274 e. The van der Waals surface area contributed by atoms with Gasteiger partial charge in [-0.2, -0.15) is 0 Å². The Morgan fingerprint density at radius 2 is 1.96 bits per heavy atom. The lowest BCUT2D eigenvalue weighted by Crippen LogP contribution is -2.28. The average molecular weight is 311 g/mol. The molecule has 1 unspecified atom stereocenters. The fourth-order valence-corrected chi connectivity index (χ4v) is 2.82. The summed E-state index contributed by atoms with van der Waals surface area (Å²) in [5.74, 6) is 0.592. The van der Waals surface area contributed by atoms with Gasteiger partial charge in [-0.3, -0.25) is 14.8 Å². The van der Waals surface area contributed by atoms with Crippen LogP contribution in [0, 0.1) is 0 Å². The van der Waals surface area contributed by atoms with Gasteiger partial charge in [0.2, 0.25) is 0 Å². The number of carbonyl (C=O) groups is 1. The molecule has 1 saturated heterocycles. The summed E-state index contributed by atoms with van der Waals surface area (Å²) in [6.45, 7) is 3.73. The number of pyridine rings is 1. The lowest BCUT2D eigenvalue weighted by molar-refractivity contribution is 0.0786. The van der Waals surface area contributed by atoms with Gasteiger partial charge in [-0.1, -0.05) is 6.92 Å². The minimum atomic E-state index is -0.0318. The first kappa shape index (κ1) is 15.4. The predicted molar refractivity (Wildman–Crippen MR) is 88.1 cm³/mol. The van der Waals surface area contributed by atoms with Crippen LogP contribution in [-0.4, -0.2) is 38.8 Å². The highest BCUT2D eigenvalue weighted by atomic mass is 16.2. The lowest BCUT2D eigenvalue weighted by Gasteiger charge is -2.19. The number of hydrogen-bond donors (Lipinski definition) is 1. The highest BCUT2D eigenvalue weighted by Crippen LogP contribution is 2.21. The van der Waals surface area contributed by atoms with Gasteiger partial charge in [0, 0.05) is 25.5 Å². The first-order chi connectivity index (χ1) is 11.3. The van der Waals surface area contributed by atoms with Gasteiger partial charge in [0.25, 0.3) is 5.91 Å². The summed E-state index contributed by atoms with van der Waals surface area (Å²) in [5.41, 5.74) is 1.54. The minimum Gasteiger partial charge on any atom is -0.362 e. The van der Waals surface area contributed by atoms with Gasteiger partial charge >= 0.3 is 0 Å². The molecule has 2 aromatic heterocycles. The molecule has 2 aromatic rings. The molecule has 1 amide bonds. The van der Waals surface area contributed by atoms with Gasteiger partial charge in [-0.05, 0) is 37.0 Å². The number of hydrogen-bond acceptors (Lipinski definition) is 5. The monoisotopic (exact) mass is 311 g/mol. The van der Waals surface area contributed by atoms with Gasteiger partial charge in [-0.15, -0.1) is 0 Å². The van der Waals surface area contributed by atoms with E-state index in [1.165, 1.54) is 0 Å². The Labute approximate surface area is 136 Å². The molecule has 0 bridgehead atoms. The van der Waals surface area contributed by atoms with E-state index in [1.807, 2.05) is 17.0 Å². The summed E-state index contributed by atoms with van der Waals surface area (Å²) >= 11 is 0. The number of amides is 1. The van der Waals surface area contributed by atoms with Crippen LogP contribution in [0.2, 0.25) is 0 Å². The first-order valence-corrected chi connectivity index (χ1v) is 8.05. The van der Waals surface area contributed by atoms with Gasteiger partial charge in [0.05, 0.1) is 18.4 Å². The van der Waals surface area contributed by atoms with Crippen molar-refractivity contribution in [2.45, 2.75) is 32.2 Å². The Balaban J connectivity index is 1.75. The summed E-state index contributed by atoms with van der Waals surface area (Å²) in [4.78, 5) is 26.9. The van der Waals surface area contributed by atoms with E-state index in [0.29, 0.717) is 11.5 Å². The Kier molecular flexibility index (Phi) is 4.80. The van der Waals surface area contributed by atoms with E-state index in [4.69, 9.17) is 0 Å². The molecule has 0 spiro atoms. The number of likely N-dealkylation sites (tertiary alicyclic amines) is 1. The predicted octanol–water partition coefficient (Wildman–Crippen LogP) is 2.67. The molecule has 1 aliphatic heterocycles. The second-order valence-electron chi connectivity index (χ2n) is 5.67. The highest BCUT2D eigenvalue weighted by Gasteiger charge is 2.21. The van der Waals surface area contributed by atoms with E-state index in [0.717, 1.165) is 37.9 Å². The summed E-state index contributed by atoms with van der Waals surface area (Å²) in [6, 6.07) is 4.08. The molecule has 3 rings (SSSR count). The molecular formula is C17H21N5O. The van der Waals surface area contributed by atoms with Crippen molar-refractivity contribution in [2.24, 2.45) is 0 Å². The second-order valence-corrected chi connectivity index (χ2v) is 5.67. The van der Waals surface area contributed by atoms with Crippen molar-refractivity contribution in [2.75, 3.05) is 18.4 Å². The zero-order valence-electron chi connectivity index (χ0n) is 13.3. The SMILES string of the molecule is CCC(Nc1cncc(C(=O)N2CCCC2)n1)c1ccncc1. The Morgan fingerprint density at radius 3 is 2.65 bits per heavy atom. The lowest BCUT2D eigenvalue weighted by atomic mass is 10.1. The van der Waals surface area contributed by atoms with Crippen LogP contribution in [0.25, 0.3) is 0 Å². The molecule has 6 nitrogen and oxygen atoms in total. The molecule has 1 fully saturated rings. The summed E-state index contributed by atoms with van der Waals surface area (Å²) in [7, 11) is 0. The first-order valence-electron chi connectivity index (χ1n) is 8.05. The Morgan fingerprint density at radius 1 is 1.22 bits per heavy atom. The molecule has 0 saturated carbocycles. The summed E-state index contributed by atoms with van der Waals surface area (Å²) in [6.07, 6.45) is 9.78.